The lowest BCUT2D eigenvalue weighted by molar-refractivity contribution is -0.137. The number of hydrogen-bond acceptors (Lipinski definition) is 2. The summed E-state index contributed by atoms with van der Waals surface area (Å²) >= 11 is 5.94. The number of amides is 2. The summed E-state index contributed by atoms with van der Waals surface area (Å²) in [5.74, 6) is -3.14. The summed E-state index contributed by atoms with van der Waals surface area (Å²) in [6.45, 7) is 0.453. The van der Waals surface area contributed by atoms with E-state index in [1.54, 1.807) is 0 Å². The van der Waals surface area contributed by atoms with Gasteiger partial charge in [-0.05, 0) is 36.8 Å². The molecule has 0 bridgehead atoms. The molecule has 0 aliphatic carbocycles. The fraction of sp³-hybridized carbons (Fsp3) is 0.300. The van der Waals surface area contributed by atoms with E-state index in [2.05, 4.69) is 0 Å². The van der Waals surface area contributed by atoms with Gasteiger partial charge in [0.25, 0.3) is 11.8 Å². The second-order valence-corrected chi connectivity index (χ2v) is 7.16. The monoisotopic (exact) mass is 446 g/mol. The van der Waals surface area contributed by atoms with Gasteiger partial charge in [-0.15, -0.1) is 0 Å². The smallest absolute Gasteiger partial charge is 0.337 e. The zero-order valence-corrected chi connectivity index (χ0v) is 16.2. The van der Waals surface area contributed by atoms with E-state index in [0.717, 1.165) is 24.3 Å². The highest BCUT2D eigenvalue weighted by molar-refractivity contribution is 6.33. The van der Waals surface area contributed by atoms with Crippen molar-refractivity contribution in [3.05, 3.63) is 69.7 Å². The first-order valence-corrected chi connectivity index (χ1v) is 9.36. The molecule has 2 aromatic rings. The van der Waals surface area contributed by atoms with E-state index in [0.29, 0.717) is 18.6 Å². The molecule has 0 unspecified atom stereocenters. The largest absolute Gasteiger partial charge is 0.416 e. The Labute approximate surface area is 173 Å². The molecule has 1 aliphatic rings. The van der Waals surface area contributed by atoms with Gasteiger partial charge < -0.3 is 9.80 Å². The van der Waals surface area contributed by atoms with Gasteiger partial charge in [0.2, 0.25) is 0 Å². The lowest BCUT2D eigenvalue weighted by Gasteiger charge is -2.23. The molecule has 0 atom stereocenters. The Morgan fingerprint density at radius 3 is 2.00 bits per heavy atom. The summed E-state index contributed by atoms with van der Waals surface area (Å²) in [4.78, 5) is 27.9. The van der Waals surface area contributed by atoms with Crippen molar-refractivity contribution in [3.63, 3.8) is 0 Å². The predicted octanol–water partition coefficient (Wildman–Crippen LogP) is 4.63. The van der Waals surface area contributed by atoms with Crippen molar-refractivity contribution in [2.24, 2.45) is 0 Å². The molecule has 30 heavy (non-hydrogen) atoms. The molecule has 1 fully saturated rings. The van der Waals surface area contributed by atoms with Crippen LogP contribution in [0.4, 0.5) is 22.0 Å². The van der Waals surface area contributed by atoms with Gasteiger partial charge in [0, 0.05) is 32.2 Å². The van der Waals surface area contributed by atoms with Gasteiger partial charge in [0.15, 0.2) is 0 Å². The van der Waals surface area contributed by atoms with Crippen LogP contribution in [0.2, 0.25) is 5.02 Å². The highest BCUT2D eigenvalue weighted by Crippen LogP contribution is 2.32. The number of carbonyl (C=O) groups excluding carboxylic acids is 2. The SMILES string of the molecule is O=C(c1ccc(F)cc1F)N1CCCN(C(=O)c2cc(C(F)(F)F)ccc2Cl)CC1. The molecule has 1 heterocycles. The third-order valence-electron chi connectivity index (χ3n) is 4.76. The van der Waals surface area contributed by atoms with Crippen LogP contribution in [0.25, 0.3) is 0 Å². The van der Waals surface area contributed by atoms with E-state index < -0.39 is 35.2 Å². The zero-order chi connectivity index (χ0) is 22.1. The lowest BCUT2D eigenvalue weighted by Crippen LogP contribution is -2.37. The van der Waals surface area contributed by atoms with Gasteiger partial charge in [0.05, 0.1) is 21.7 Å². The first-order valence-electron chi connectivity index (χ1n) is 8.98. The first kappa shape index (κ1) is 22.0. The van der Waals surface area contributed by atoms with Gasteiger partial charge in [-0.1, -0.05) is 11.6 Å². The van der Waals surface area contributed by atoms with E-state index in [4.69, 9.17) is 11.6 Å². The molecule has 2 amide bonds. The van der Waals surface area contributed by atoms with Crippen LogP contribution < -0.4 is 0 Å². The number of rotatable bonds is 2. The van der Waals surface area contributed by atoms with E-state index in [9.17, 15) is 31.5 Å². The van der Waals surface area contributed by atoms with Crippen LogP contribution >= 0.6 is 11.6 Å². The number of hydrogen-bond donors (Lipinski definition) is 0. The molecule has 10 heteroatoms. The van der Waals surface area contributed by atoms with Crippen molar-refractivity contribution in [1.29, 1.82) is 0 Å². The van der Waals surface area contributed by atoms with Crippen LogP contribution in [0.15, 0.2) is 36.4 Å². The molecule has 1 aliphatic heterocycles. The number of carbonyl (C=O) groups is 2. The van der Waals surface area contributed by atoms with Crippen molar-refractivity contribution < 1.29 is 31.5 Å². The molecule has 0 radical (unpaired) electrons. The predicted molar refractivity (Wildman–Crippen MR) is 99.2 cm³/mol. The average molecular weight is 447 g/mol. The molecule has 4 nitrogen and oxygen atoms in total. The van der Waals surface area contributed by atoms with E-state index in [1.165, 1.54) is 9.80 Å². The Morgan fingerprint density at radius 1 is 0.833 bits per heavy atom. The summed E-state index contributed by atoms with van der Waals surface area (Å²) in [6.07, 6.45) is -4.29. The molecule has 3 rings (SSSR count). The maximum atomic E-state index is 13.9. The molecular formula is C20H16ClF5N2O2. The molecule has 0 spiro atoms. The number of benzene rings is 2. The minimum atomic E-state index is -4.62. The number of nitrogens with zero attached hydrogens (tertiary/aromatic N) is 2. The van der Waals surface area contributed by atoms with Gasteiger partial charge >= 0.3 is 6.18 Å². The Hall–Kier alpha value is -2.68. The third kappa shape index (κ3) is 4.72. The maximum Gasteiger partial charge on any atom is 0.416 e. The van der Waals surface area contributed by atoms with Crippen LogP contribution in [-0.2, 0) is 6.18 Å². The summed E-state index contributed by atoms with van der Waals surface area (Å²) in [5.41, 5.74) is -1.57. The lowest BCUT2D eigenvalue weighted by atomic mass is 10.1. The van der Waals surface area contributed by atoms with E-state index >= 15 is 0 Å². The number of alkyl halides is 3. The van der Waals surface area contributed by atoms with Crippen molar-refractivity contribution in [1.82, 2.24) is 9.80 Å². The van der Waals surface area contributed by atoms with Gasteiger partial charge in [0.1, 0.15) is 11.6 Å². The van der Waals surface area contributed by atoms with Gasteiger partial charge in [-0.2, -0.15) is 13.2 Å². The maximum absolute atomic E-state index is 13.9. The minimum Gasteiger partial charge on any atom is -0.337 e. The van der Waals surface area contributed by atoms with Crippen LogP contribution in [0.5, 0.6) is 0 Å². The second-order valence-electron chi connectivity index (χ2n) is 6.75. The third-order valence-corrected chi connectivity index (χ3v) is 5.09. The Morgan fingerprint density at radius 2 is 1.43 bits per heavy atom. The standard InChI is InChI=1S/C20H16ClF5N2O2/c21-16-5-2-12(20(24,25)26)10-15(16)19(30)28-7-1-6-27(8-9-28)18(29)14-4-3-13(22)11-17(14)23/h2-5,10-11H,1,6-9H2. The van der Waals surface area contributed by atoms with Crippen molar-refractivity contribution in [2.75, 3.05) is 26.2 Å². The molecule has 2 aromatic carbocycles. The van der Waals surface area contributed by atoms with Crippen LogP contribution in [-0.4, -0.2) is 47.8 Å². The molecule has 0 saturated carbocycles. The van der Waals surface area contributed by atoms with Crippen molar-refractivity contribution in [3.8, 4) is 0 Å². The normalized spacial score (nSPS) is 15.1. The highest BCUT2D eigenvalue weighted by Gasteiger charge is 2.33. The second kappa shape index (κ2) is 8.59. The zero-order valence-electron chi connectivity index (χ0n) is 15.5. The molecular weight excluding hydrogens is 431 g/mol. The quantitative estimate of drug-likeness (QED) is 0.631. The molecule has 1 saturated heterocycles. The van der Waals surface area contributed by atoms with E-state index in [1.807, 2.05) is 0 Å². The molecule has 0 aromatic heterocycles. The molecule has 0 N–H and O–H groups in total. The summed E-state index contributed by atoms with van der Waals surface area (Å²) < 4.78 is 65.9. The van der Waals surface area contributed by atoms with Crippen molar-refractivity contribution >= 4 is 23.4 Å². The summed E-state index contributed by atoms with van der Waals surface area (Å²) in [5, 5.41) is -0.112. The summed E-state index contributed by atoms with van der Waals surface area (Å²) in [7, 11) is 0. The Balaban J connectivity index is 1.75. The Kier molecular flexibility index (Phi) is 6.30. The van der Waals surface area contributed by atoms with Crippen LogP contribution in [0.1, 0.15) is 32.7 Å². The first-order chi connectivity index (χ1) is 14.1. The van der Waals surface area contributed by atoms with Crippen LogP contribution in [0.3, 0.4) is 0 Å². The van der Waals surface area contributed by atoms with Gasteiger partial charge in [-0.3, -0.25) is 9.59 Å². The fourth-order valence-electron chi connectivity index (χ4n) is 3.19. The average Bonchev–Trinajstić information content (AvgIpc) is 2.92. The highest BCUT2D eigenvalue weighted by atomic mass is 35.5. The van der Waals surface area contributed by atoms with Gasteiger partial charge in [-0.25, -0.2) is 8.78 Å². The van der Waals surface area contributed by atoms with E-state index in [-0.39, 0.29) is 42.3 Å². The minimum absolute atomic E-state index is 0.0277. The van der Waals surface area contributed by atoms with Crippen LogP contribution in [0, 0.1) is 11.6 Å². The topological polar surface area (TPSA) is 40.6 Å². The fourth-order valence-corrected chi connectivity index (χ4v) is 3.39. The number of halogens is 6. The Bertz CT molecular complexity index is 980. The van der Waals surface area contributed by atoms with Crippen molar-refractivity contribution in [2.45, 2.75) is 12.6 Å². The molecule has 160 valence electrons. The summed E-state index contributed by atoms with van der Waals surface area (Å²) in [6, 6.07) is 5.13.